The Bertz CT molecular complexity index is 229. The number of hydrogen-bond acceptors (Lipinski definition) is 0. The Morgan fingerprint density at radius 1 is 1.73 bits per heavy atom. The van der Waals surface area contributed by atoms with Crippen molar-refractivity contribution in [3.8, 4) is 0 Å². The minimum atomic E-state index is 0.558. The molecule has 0 fully saturated rings. The second kappa shape index (κ2) is 5.43. The molecule has 0 bridgehead atoms. The lowest BCUT2D eigenvalue weighted by Gasteiger charge is -2.00. The quantitative estimate of drug-likeness (QED) is 0.409. The molecule has 0 atom stereocenters. The van der Waals surface area contributed by atoms with Gasteiger partial charge in [0.05, 0.1) is 0 Å². The first-order valence-corrected chi connectivity index (χ1v) is 5.25. The summed E-state index contributed by atoms with van der Waals surface area (Å²) < 4.78 is 2.23. The maximum Gasteiger partial charge on any atom is 0.141 e. The van der Waals surface area contributed by atoms with Crippen LogP contribution < -0.4 is 0 Å². The summed E-state index contributed by atoms with van der Waals surface area (Å²) in [5.74, 6) is 0. The first kappa shape index (κ1) is 11.8. The van der Waals surface area contributed by atoms with Crippen LogP contribution in [0.1, 0.15) is 6.92 Å². The minimum absolute atomic E-state index is 0.558. The van der Waals surface area contributed by atoms with E-state index in [1.54, 1.807) is 0 Å². The normalized spacial score (nSPS) is 14.4. The lowest BCUT2D eigenvalue weighted by Crippen LogP contribution is -1.82. The zero-order valence-corrected chi connectivity index (χ0v) is 10.9. The highest BCUT2D eigenvalue weighted by Gasteiger charge is 1.97. The van der Waals surface area contributed by atoms with Crippen LogP contribution in [0.4, 0.5) is 0 Å². The van der Waals surface area contributed by atoms with Gasteiger partial charge in [-0.2, -0.15) is 0 Å². The van der Waals surface area contributed by atoms with Gasteiger partial charge in [-0.05, 0) is 40.1 Å². The Labute approximate surface area is 95.4 Å². The van der Waals surface area contributed by atoms with E-state index in [0.717, 1.165) is 8.06 Å². The summed E-state index contributed by atoms with van der Waals surface area (Å²) in [4.78, 5) is 0. The average Bonchev–Trinajstić information content (AvgIpc) is 1.84. The van der Waals surface area contributed by atoms with Crippen LogP contribution in [-0.2, 0) is 0 Å². The van der Waals surface area contributed by atoms with Crippen LogP contribution in [0.2, 0.25) is 0 Å². The van der Waals surface area contributed by atoms with Gasteiger partial charge in [0.15, 0.2) is 0 Å². The molecule has 0 aromatic carbocycles. The molecule has 0 amide bonds. The van der Waals surface area contributed by atoms with Crippen molar-refractivity contribution in [2.75, 3.05) is 0 Å². The molecule has 0 aliphatic rings. The van der Waals surface area contributed by atoms with Crippen molar-refractivity contribution in [3.63, 3.8) is 0 Å². The second-order valence-electron chi connectivity index (χ2n) is 2.10. The summed E-state index contributed by atoms with van der Waals surface area (Å²) in [6, 6.07) is 0. The molecule has 0 N–H and O–H groups in total. The Morgan fingerprint density at radius 3 is 2.45 bits per heavy atom. The van der Waals surface area contributed by atoms with E-state index in [1.807, 2.05) is 20.8 Å². The van der Waals surface area contributed by atoms with Crippen LogP contribution in [0.3, 0.4) is 0 Å². The highest BCUT2D eigenvalue weighted by atomic mass is 127. The van der Waals surface area contributed by atoms with E-state index < -0.39 is 0 Å². The van der Waals surface area contributed by atoms with Crippen molar-refractivity contribution in [1.29, 1.82) is 0 Å². The van der Waals surface area contributed by atoms with Crippen molar-refractivity contribution >= 4 is 58.0 Å². The fraction of sp³-hybridized carbons (Fsp3) is 0.143. The molecule has 0 unspecified atom stereocenters. The summed E-state index contributed by atoms with van der Waals surface area (Å²) in [5, 5.41) is 0.558. The van der Waals surface area contributed by atoms with Crippen molar-refractivity contribution in [3.05, 3.63) is 31.2 Å². The van der Waals surface area contributed by atoms with Crippen LogP contribution in [0, 0.1) is 0 Å². The number of hydrogen-bond donors (Lipinski definition) is 0. The molecule has 0 spiro atoms. The topological polar surface area (TPSA) is 0 Å². The molecule has 60 valence electrons. The number of halogens is 3. The Hall–Kier alpha value is 0.785. The molecule has 0 saturated heterocycles. The van der Waals surface area contributed by atoms with Gasteiger partial charge in [0, 0.05) is 8.61 Å². The second-order valence-corrected chi connectivity index (χ2v) is 4.93. The minimum Gasteiger partial charge on any atom is -0.0850 e. The first-order valence-electron chi connectivity index (χ1n) is 3.00. The third kappa shape index (κ3) is 5.09. The highest BCUT2D eigenvalue weighted by molar-refractivity contribution is 14.1. The molecule has 0 aromatic rings. The molecule has 0 heterocycles. The van der Waals surface area contributed by atoms with Gasteiger partial charge in [0.25, 0.3) is 0 Å². The maximum absolute atomic E-state index is 5.61. The van der Waals surface area contributed by atoms with E-state index in [4.69, 9.17) is 11.6 Å². The van der Waals surface area contributed by atoms with Gasteiger partial charge in [-0.1, -0.05) is 39.6 Å². The molecular formula is C7H8BBrClI. The SMILES string of the molecule is BC(/C(I)=C\C(=C)Cl)=C(/C)Br. The average molecular weight is 345 g/mol. The van der Waals surface area contributed by atoms with E-state index in [0.29, 0.717) is 5.03 Å². The Balaban J connectivity index is 4.63. The smallest absolute Gasteiger partial charge is 0.0850 e. The Kier molecular flexibility index (Phi) is 5.82. The van der Waals surface area contributed by atoms with Crippen molar-refractivity contribution in [2.24, 2.45) is 0 Å². The van der Waals surface area contributed by atoms with Gasteiger partial charge in [0.1, 0.15) is 7.85 Å². The van der Waals surface area contributed by atoms with Gasteiger partial charge < -0.3 is 0 Å². The van der Waals surface area contributed by atoms with Gasteiger partial charge in [0.2, 0.25) is 0 Å². The predicted octanol–water partition coefficient (Wildman–Crippen LogP) is 3.32. The molecule has 4 heteroatoms. The van der Waals surface area contributed by atoms with Crippen molar-refractivity contribution in [1.82, 2.24) is 0 Å². The van der Waals surface area contributed by atoms with Crippen LogP contribution in [0.5, 0.6) is 0 Å². The lowest BCUT2D eigenvalue weighted by molar-refractivity contribution is 1.65. The zero-order chi connectivity index (χ0) is 9.02. The third-order valence-electron chi connectivity index (χ3n) is 1.16. The van der Waals surface area contributed by atoms with Crippen LogP contribution in [0.25, 0.3) is 0 Å². The summed E-state index contributed by atoms with van der Waals surface area (Å²) >= 11 is 11.2. The fourth-order valence-electron chi connectivity index (χ4n) is 0.410. The third-order valence-corrected chi connectivity index (χ3v) is 2.98. The zero-order valence-electron chi connectivity index (χ0n) is 6.42. The molecule has 0 rings (SSSR count). The van der Waals surface area contributed by atoms with E-state index in [1.165, 1.54) is 5.47 Å². The van der Waals surface area contributed by atoms with Crippen molar-refractivity contribution in [2.45, 2.75) is 6.92 Å². The molecule has 0 aliphatic heterocycles. The van der Waals surface area contributed by atoms with E-state index in [-0.39, 0.29) is 0 Å². The summed E-state index contributed by atoms with van der Waals surface area (Å²) in [7, 11) is 2.03. The van der Waals surface area contributed by atoms with E-state index >= 15 is 0 Å². The molecular weight excluding hydrogens is 337 g/mol. The first-order chi connectivity index (χ1) is 4.95. The number of allylic oxidation sites excluding steroid dienone is 5. The lowest BCUT2D eigenvalue weighted by atomic mass is 9.95. The van der Waals surface area contributed by atoms with Gasteiger partial charge in [-0.3, -0.25) is 0 Å². The Morgan fingerprint density at radius 2 is 2.18 bits per heavy atom. The highest BCUT2D eigenvalue weighted by Crippen LogP contribution is 2.23. The van der Waals surface area contributed by atoms with E-state index in [9.17, 15) is 0 Å². The largest absolute Gasteiger partial charge is 0.141 e. The van der Waals surface area contributed by atoms with Crippen LogP contribution in [-0.4, -0.2) is 7.85 Å². The van der Waals surface area contributed by atoms with Crippen LogP contribution >= 0.6 is 50.1 Å². The molecule has 0 radical (unpaired) electrons. The van der Waals surface area contributed by atoms with Crippen LogP contribution in [0.15, 0.2) is 31.2 Å². The monoisotopic (exact) mass is 344 g/mol. The van der Waals surface area contributed by atoms with E-state index in [2.05, 4.69) is 45.1 Å². The summed E-state index contributed by atoms with van der Waals surface area (Å²) in [5.41, 5.74) is 1.19. The molecule has 11 heavy (non-hydrogen) atoms. The molecule has 0 nitrogen and oxygen atoms in total. The molecule has 0 aliphatic carbocycles. The van der Waals surface area contributed by atoms with Gasteiger partial charge in [-0.15, -0.1) is 0 Å². The fourth-order valence-corrected chi connectivity index (χ4v) is 2.07. The summed E-state index contributed by atoms with van der Waals surface area (Å²) in [6.45, 7) is 5.58. The van der Waals surface area contributed by atoms with Crippen molar-refractivity contribution < 1.29 is 0 Å². The maximum atomic E-state index is 5.61. The number of rotatable bonds is 2. The predicted molar refractivity (Wildman–Crippen MR) is 67.3 cm³/mol. The van der Waals surface area contributed by atoms with Gasteiger partial charge in [-0.25, -0.2) is 0 Å². The standard InChI is InChI=1S/C7H8BBrClI/c1-4(10)3-6(11)7(8)5(2)9/h3H,1,8H2,2H3/b6-3+,7-5-. The van der Waals surface area contributed by atoms with Gasteiger partial charge >= 0.3 is 0 Å². The molecule has 0 aromatic heterocycles. The summed E-state index contributed by atoms with van der Waals surface area (Å²) in [6.07, 6.45) is 1.84. The molecule has 0 saturated carbocycles.